The van der Waals surface area contributed by atoms with E-state index in [4.69, 9.17) is 9.47 Å². The Morgan fingerprint density at radius 1 is 0.952 bits per heavy atom. The van der Waals surface area contributed by atoms with Crippen LogP contribution in [0.5, 0.6) is 5.75 Å². The van der Waals surface area contributed by atoms with E-state index in [1.54, 1.807) is 9.80 Å². The van der Waals surface area contributed by atoms with Gasteiger partial charge in [-0.25, -0.2) is 0 Å². The van der Waals surface area contributed by atoms with Gasteiger partial charge in [0, 0.05) is 24.8 Å². The molecule has 1 aliphatic carbocycles. The van der Waals surface area contributed by atoms with Crippen molar-refractivity contribution in [3.8, 4) is 5.75 Å². The first-order valence-corrected chi connectivity index (χ1v) is 15.6. The Labute approximate surface area is 248 Å². The maximum absolute atomic E-state index is 14.6. The third-order valence-electron chi connectivity index (χ3n) is 10.1. The topological polar surface area (TPSA) is 99.6 Å². The number of amides is 3. The van der Waals surface area contributed by atoms with Crippen molar-refractivity contribution >= 4 is 23.4 Å². The van der Waals surface area contributed by atoms with Crippen molar-refractivity contribution in [3.05, 3.63) is 48.6 Å². The number of ether oxygens (including phenoxy) is 2. The Morgan fingerprint density at radius 3 is 2.33 bits per heavy atom. The molecular weight excluding hydrogens is 534 g/mol. The van der Waals surface area contributed by atoms with Crippen LogP contribution in [0, 0.1) is 11.8 Å². The highest BCUT2D eigenvalue weighted by atomic mass is 16.5. The fourth-order valence-corrected chi connectivity index (χ4v) is 8.13. The number of hydrogen-bond donors (Lipinski definition) is 1. The van der Waals surface area contributed by atoms with E-state index in [0.717, 1.165) is 31.4 Å². The lowest BCUT2D eigenvalue weighted by Crippen LogP contribution is -2.60. The summed E-state index contributed by atoms with van der Waals surface area (Å²) in [7, 11) is 0. The Bertz CT molecular complexity index is 1270. The molecule has 1 aromatic rings. The minimum Gasteiger partial charge on any atom is -0.494 e. The highest BCUT2D eigenvalue weighted by Gasteiger charge is 2.75. The molecule has 9 nitrogen and oxygen atoms in total. The quantitative estimate of drug-likeness (QED) is 0.499. The number of likely N-dealkylation sites (tertiary alicyclic amines) is 1. The molecule has 3 fully saturated rings. The SMILES string of the molecule is CCOc1ccc(N2CC=C[C@@]3(C)O[C@]45C=CCN(C6CCCCC6)C(=O)C4N([C@@H](CC)CO)C(=O)[C@@H]5[C@H]3C2=O)cc1. The zero-order valence-electron chi connectivity index (χ0n) is 24.9. The van der Waals surface area contributed by atoms with Crippen LogP contribution in [-0.4, -0.2) is 88.3 Å². The predicted octanol–water partition coefficient (Wildman–Crippen LogP) is 3.46. The highest BCUT2D eigenvalue weighted by Crippen LogP contribution is 2.58. The Morgan fingerprint density at radius 2 is 1.67 bits per heavy atom. The van der Waals surface area contributed by atoms with Gasteiger partial charge in [-0.05, 0) is 57.4 Å². The molecule has 9 heteroatoms. The summed E-state index contributed by atoms with van der Waals surface area (Å²) in [6.07, 6.45) is 13.3. The first-order valence-electron chi connectivity index (χ1n) is 15.6. The molecular formula is C33H43N3O6. The van der Waals surface area contributed by atoms with E-state index in [9.17, 15) is 19.5 Å². The van der Waals surface area contributed by atoms with E-state index in [1.165, 1.54) is 6.42 Å². The number of aliphatic hydroxyl groups is 1. The van der Waals surface area contributed by atoms with E-state index in [1.807, 2.05) is 74.2 Å². The minimum atomic E-state index is -1.32. The molecule has 226 valence electrons. The molecule has 6 atom stereocenters. The molecule has 4 aliphatic heterocycles. The molecule has 1 unspecified atom stereocenters. The third-order valence-corrected chi connectivity index (χ3v) is 10.1. The van der Waals surface area contributed by atoms with Crippen molar-refractivity contribution in [1.29, 1.82) is 0 Å². The molecule has 1 spiro atoms. The molecule has 0 bridgehead atoms. The number of aliphatic hydroxyl groups excluding tert-OH is 1. The van der Waals surface area contributed by atoms with E-state index < -0.39 is 35.1 Å². The van der Waals surface area contributed by atoms with Gasteiger partial charge >= 0.3 is 0 Å². The van der Waals surface area contributed by atoms with Gasteiger partial charge in [0.25, 0.3) is 0 Å². The van der Waals surface area contributed by atoms with Gasteiger partial charge in [0.15, 0.2) is 0 Å². The normalized spacial score (nSPS) is 33.8. The Hall–Kier alpha value is -3.17. The molecule has 0 aromatic heterocycles. The van der Waals surface area contributed by atoms with Gasteiger partial charge < -0.3 is 29.3 Å². The number of nitrogens with zero attached hydrogens (tertiary/aromatic N) is 3. The zero-order valence-corrected chi connectivity index (χ0v) is 24.9. The van der Waals surface area contributed by atoms with Crippen LogP contribution in [0.4, 0.5) is 5.69 Å². The number of benzene rings is 1. The van der Waals surface area contributed by atoms with Crippen molar-refractivity contribution in [1.82, 2.24) is 9.80 Å². The lowest BCUT2D eigenvalue weighted by Gasteiger charge is -2.42. The van der Waals surface area contributed by atoms with Crippen molar-refractivity contribution in [3.63, 3.8) is 0 Å². The van der Waals surface area contributed by atoms with Gasteiger partial charge in [0.05, 0.1) is 36.7 Å². The summed E-state index contributed by atoms with van der Waals surface area (Å²) in [4.78, 5) is 48.9. The second-order valence-electron chi connectivity index (χ2n) is 12.5. The summed E-state index contributed by atoms with van der Waals surface area (Å²) in [5, 5.41) is 10.4. The van der Waals surface area contributed by atoms with Gasteiger partial charge in [-0.3, -0.25) is 14.4 Å². The van der Waals surface area contributed by atoms with Crippen molar-refractivity contribution < 1.29 is 29.0 Å². The van der Waals surface area contributed by atoms with Crippen LogP contribution in [0.1, 0.15) is 59.3 Å². The Balaban J connectivity index is 1.43. The fourth-order valence-electron chi connectivity index (χ4n) is 8.13. The standard InChI is InChI=1S/C33H43N3O6/c1-4-22(21-37)36-28-31(40)35(23-11-7-6-8-12-23)20-10-18-33(28)27(30(36)39)26-29(38)34(19-9-17-32(26,3)42-33)24-13-15-25(16-14-24)41-5-2/h9-10,13-18,22-23,26-28,37H,4-8,11-12,19-21H2,1-3H3/t22-,26-,27-,28?,32+,33-/m0/s1. The zero-order chi connectivity index (χ0) is 29.6. The predicted molar refractivity (Wildman–Crippen MR) is 158 cm³/mol. The summed E-state index contributed by atoms with van der Waals surface area (Å²) < 4.78 is 12.5. The molecule has 2 saturated heterocycles. The monoisotopic (exact) mass is 577 g/mol. The molecule has 6 rings (SSSR count). The first-order chi connectivity index (χ1) is 20.3. The fraction of sp³-hybridized carbons (Fsp3) is 0.606. The molecule has 1 aromatic carbocycles. The van der Waals surface area contributed by atoms with Crippen LogP contribution < -0.4 is 9.64 Å². The average Bonchev–Trinajstić information content (AvgIpc) is 3.26. The minimum absolute atomic E-state index is 0.107. The van der Waals surface area contributed by atoms with E-state index in [-0.39, 0.29) is 30.4 Å². The van der Waals surface area contributed by atoms with Crippen molar-refractivity contribution in [2.45, 2.75) is 88.6 Å². The number of carbonyl (C=O) groups excluding carboxylic acids is 3. The average molecular weight is 578 g/mol. The number of carbonyl (C=O) groups is 3. The molecule has 1 N–H and O–H groups in total. The summed E-state index contributed by atoms with van der Waals surface area (Å²) in [5.41, 5.74) is -1.70. The lowest BCUT2D eigenvalue weighted by molar-refractivity contribution is -0.156. The molecule has 3 amide bonds. The summed E-state index contributed by atoms with van der Waals surface area (Å²) in [6.45, 7) is 6.74. The highest BCUT2D eigenvalue weighted by molar-refractivity contribution is 6.04. The molecule has 0 radical (unpaired) electrons. The smallest absolute Gasteiger partial charge is 0.249 e. The van der Waals surface area contributed by atoms with Gasteiger partial charge in [0.1, 0.15) is 17.4 Å². The maximum Gasteiger partial charge on any atom is 0.249 e. The number of hydrogen-bond acceptors (Lipinski definition) is 6. The lowest BCUT2D eigenvalue weighted by atomic mass is 9.74. The van der Waals surface area contributed by atoms with E-state index >= 15 is 0 Å². The van der Waals surface area contributed by atoms with Gasteiger partial charge in [-0.15, -0.1) is 0 Å². The summed E-state index contributed by atoms with van der Waals surface area (Å²) in [6, 6.07) is 5.99. The number of anilines is 1. The van der Waals surface area contributed by atoms with Gasteiger partial charge in [-0.2, -0.15) is 0 Å². The number of rotatable bonds is 7. The van der Waals surface area contributed by atoms with Crippen molar-refractivity contribution in [2.75, 3.05) is 31.2 Å². The van der Waals surface area contributed by atoms with Crippen LogP contribution in [0.25, 0.3) is 0 Å². The second-order valence-corrected chi connectivity index (χ2v) is 12.5. The molecule has 42 heavy (non-hydrogen) atoms. The Kier molecular flexibility index (Phi) is 7.68. The molecule has 5 aliphatic rings. The molecule has 4 heterocycles. The van der Waals surface area contributed by atoms with Crippen LogP contribution in [-0.2, 0) is 19.1 Å². The van der Waals surface area contributed by atoms with Gasteiger partial charge in [0.2, 0.25) is 17.7 Å². The second kappa shape index (κ2) is 11.2. The number of fused-ring (bicyclic) bond motifs is 2. The van der Waals surface area contributed by atoms with E-state index in [2.05, 4.69) is 0 Å². The van der Waals surface area contributed by atoms with Crippen LogP contribution >= 0.6 is 0 Å². The van der Waals surface area contributed by atoms with Crippen LogP contribution in [0.2, 0.25) is 0 Å². The van der Waals surface area contributed by atoms with Crippen LogP contribution in [0.15, 0.2) is 48.6 Å². The van der Waals surface area contributed by atoms with Crippen molar-refractivity contribution in [2.24, 2.45) is 11.8 Å². The first kappa shape index (κ1) is 28.9. The summed E-state index contributed by atoms with van der Waals surface area (Å²) >= 11 is 0. The van der Waals surface area contributed by atoms with Gasteiger partial charge in [-0.1, -0.05) is 50.5 Å². The maximum atomic E-state index is 14.6. The van der Waals surface area contributed by atoms with E-state index in [0.29, 0.717) is 31.8 Å². The third kappa shape index (κ3) is 4.39. The van der Waals surface area contributed by atoms with Crippen LogP contribution in [0.3, 0.4) is 0 Å². The summed E-state index contributed by atoms with van der Waals surface area (Å²) in [5.74, 6) is -1.69. The molecule has 1 saturated carbocycles. The largest absolute Gasteiger partial charge is 0.494 e.